The second-order valence-electron chi connectivity index (χ2n) is 17.7. The first-order chi connectivity index (χ1) is 34.9. The highest BCUT2D eigenvalue weighted by Crippen LogP contribution is 2.39. The molecule has 0 amide bonds. The van der Waals surface area contributed by atoms with Crippen LogP contribution in [0.3, 0.4) is 0 Å². The average Bonchev–Trinajstić information content (AvgIpc) is 4.07. The van der Waals surface area contributed by atoms with E-state index in [-0.39, 0.29) is 10.9 Å². The summed E-state index contributed by atoms with van der Waals surface area (Å²) in [6, 6.07) is 75.3. The van der Waals surface area contributed by atoms with Crippen molar-refractivity contribution in [2.75, 3.05) is 0 Å². The van der Waals surface area contributed by atoms with Crippen LogP contribution in [0.5, 0.6) is 0 Å². The average molecular weight is 1080 g/mol. The van der Waals surface area contributed by atoms with E-state index in [2.05, 4.69) is 217 Å². The molecule has 0 unspecified atom stereocenters. The number of fused-ring (bicyclic) bond motifs is 13. The topological polar surface area (TPSA) is 44.0 Å². The fraction of sp³-hybridized carbons (Fsp3) is 0.0159. The standard InChI is InChI=1S/C37H22N2OS.C13H6Br2OS.C13H10/c40-37-28-21-20-23(38-29-14-5-1-10-24(29)25-11-2-6-15-30(25)38)22-35(28)41-34-19-9-18-33(36(34)37)39-31-16-7-3-12-26(31)27-13-4-8-17-32(27)39;14-7-4-5-8-11(6-7)17-10-3-1-2-9(15)12(10)13(8)16;1-3-7-12-10(5-1)9-11-6-2-4-8-13(11)12/h1-22H;1-6H;1-8H,9H2. The van der Waals surface area contributed by atoms with Crippen molar-refractivity contribution in [3.8, 4) is 22.5 Å². The molecule has 4 nitrogen and oxygen atoms in total. The van der Waals surface area contributed by atoms with Crippen molar-refractivity contribution in [2.24, 2.45) is 0 Å². The molecule has 338 valence electrons. The number of halogens is 2. The molecule has 4 heterocycles. The van der Waals surface area contributed by atoms with E-state index in [1.807, 2.05) is 42.5 Å². The van der Waals surface area contributed by atoms with Crippen LogP contribution in [-0.2, 0) is 6.42 Å². The Kier molecular flexibility index (Phi) is 10.9. The molecule has 1 aliphatic carbocycles. The van der Waals surface area contributed by atoms with Gasteiger partial charge in [-0.15, -0.1) is 22.7 Å². The van der Waals surface area contributed by atoms with Crippen molar-refractivity contribution in [2.45, 2.75) is 6.42 Å². The lowest BCUT2D eigenvalue weighted by molar-refractivity contribution is 1.19. The van der Waals surface area contributed by atoms with Crippen LogP contribution in [0.4, 0.5) is 0 Å². The van der Waals surface area contributed by atoms with Crippen LogP contribution in [0.1, 0.15) is 11.1 Å². The van der Waals surface area contributed by atoms with Gasteiger partial charge in [0.25, 0.3) is 0 Å². The number of para-hydroxylation sites is 4. The quantitative estimate of drug-likeness (QED) is 0.162. The van der Waals surface area contributed by atoms with Gasteiger partial charge >= 0.3 is 0 Å². The number of benzene rings is 10. The first-order valence-corrected chi connectivity index (χ1v) is 26.5. The molecule has 0 saturated heterocycles. The third kappa shape index (κ3) is 7.35. The molecular formula is C63H38Br2N2O2S2. The molecule has 1 aliphatic rings. The van der Waals surface area contributed by atoms with E-state index in [0.29, 0.717) is 0 Å². The van der Waals surface area contributed by atoms with Gasteiger partial charge in [0.2, 0.25) is 0 Å². The second-order valence-corrected chi connectivity index (χ2v) is 21.6. The highest BCUT2D eigenvalue weighted by Gasteiger charge is 2.19. The number of rotatable bonds is 2. The fourth-order valence-corrected chi connectivity index (χ4v) is 14.0. The predicted molar refractivity (Wildman–Crippen MR) is 310 cm³/mol. The zero-order valence-electron chi connectivity index (χ0n) is 37.8. The Morgan fingerprint density at radius 3 is 1.39 bits per heavy atom. The van der Waals surface area contributed by atoms with Crippen molar-refractivity contribution >= 4 is 138 Å². The number of hydrogen-bond donors (Lipinski definition) is 0. The summed E-state index contributed by atoms with van der Waals surface area (Å²) in [6.07, 6.45) is 1.10. The molecule has 0 saturated carbocycles. The lowest BCUT2D eigenvalue weighted by atomic mass is 10.1. The predicted octanol–water partition coefficient (Wildman–Crippen LogP) is 17.8. The first kappa shape index (κ1) is 43.6. The monoisotopic (exact) mass is 1080 g/mol. The Bertz CT molecular complexity index is 4450. The van der Waals surface area contributed by atoms with Crippen LogP contribution >= 0.6 is 54.5 Å². The summed E-state index contributed by atoms with van der Waals surface area (Å²) in [5.41, 5.74) is 12.4. The van der Waals surface area contributed by atoms with E-state index in [0.717, 1.165) is 89.2 Å². The summed E-state index contributed by atoms with van der Waals surface area (Å²) in [5.74, 6) is 0. The van der Waals surface area contributed by atoms with Gasteiger partial charge in [-0.05, 0) is 130 Å². The van der Waals surface area contributed by atoms with Gasteiger partial charge < -0.3 is 9.13 Å². The highest BCUT2D eigenvalue weighted by molar-refractivity contribution is 9.11. The molecule has 0 radical (unpaired) electrons. The van der Waals surface area contributed by atoms with Gasteiger partial charge in [-0.3, -0.25) is 9.59 Å². The second kappa shape index (κ2) is 17.7. The van der Waals surface area contributed by atoms with Gasteiger partial charge in [0.05, 0.1) is 38.5 Å². The Morgan fingerprint density at radius 2 is 0.817 bits per heavy atom. The van der Waals surface area contributed by atoms with Crippen LogP contribution in [0, 0.1) is 0 Å². The largest absolute Gasteiger partial charge is 0.309 e. The molecule has 14 aromatic rings. The zero-order chi connectivity index (χ0) is 47.7. The van der Waals surface area contributed by atoms with Crippen LogP contribution in [0.15, 0.2) is 237 Å². The summed E-state index contributed by atoms with van der Waals surface area (Å²) in [7, 11) is 0. The van der Waals surface area contributed by atoms with Crippen LogP contribution in [0.2, 0.25) is 0 Å². The van der Waals surface area contributed by atoms with Gasteiger partial charge in [0.1, 0.15) is 0 Å². The molecule has 0 atom stereocenters. The Hall–Kier alpha value is -7.46. The van der Waals surface area contributed by atoms with E-state index in [9.17, 15) is 9.59 Å². The van der Waals surface area contributed by atoms with E-state index >= 15 is 0 Å². The maximum atomic E-state index is 14.3. The molecule has 15 rings (SSSR count). The minimum absolute atomic E-state index is 0.0694. The van der Waals surface area contributed by atoms with Gasteiger partial charge in [-0.25, -0.2) is 0 Å². The number of hydrogen-bond acceptors (Lipinski definition) is 4. The minimum Gasteiger partial charge on any atom is -0.309 e. The van der Waals surface area contributed by atoms with Crippen molar-refractivity contribution in [1.82, 2.24) is 9.13 Å². The van der Waals surface area contributed by atoms with E-state index in [1.54, 1.807) is 22.7 Å². The Balaban J connectivity index is 0.000000133. The lowest BCUT2D eigenvalue weighted by Gasteiger charge is -2.13. The van der Waals surface area contributed by atoms with Gasteiger partial charge in [0.15, 0.2) is 10.9 Å². The SMILES string of the molecule is O=c1c2ccc(-n3c4ccccc4c4ccccc43)cc2sc2cccc(-n3c4ccccc4c4ccccc43)c12.O=c1c2ccc(Br)cc2sc2cccc(Br)c12.c1ccc2c(c1)Cc1ccccc1-2. The Labute approximate surface area is 432 Å². The minimum atomic E-state index is 0.0694. The van der Waals surface area contributed by atoms with Gasteiger partial charge in [0, 0.05) is 65.7 Å². The van der Waals surface area contributed by atoms with Crippen molar-refractivity contribution in [1.29, 1.82) is 0 Å². The van der Waals surface area contributed by atoms with E-state index in [4.69, 9.17) is 0 Å². The molecule has 10 aromatic carbocycles. The molecule has 0 fully saturated rings. The molecule has 8 heteroatoms. The molecular weight excluding hydrogens is 1040 g/mol. The van der Waals surface area contributed by atoms with Crippen molar-refractivity contribution in [3.05, 3.63) is 259 Å². The van der Waals surface area contributed by atoms with Crippen LogP contribution in [-0.4, -0.2) is 9.13 Å². The number of nitrogens with zero attached hydrogens (tertiary/aromatic N) is 2. The Morgan fingerprint density at radius 1 is 0.366 bits per heavy atom. The molecule has 0 aliphatic heterocycles. The number of aromatic nitrogens is 2. The maximum Gasteiger partial charge on any atom is 0.197 e. The molecule has 0 N–H and O–H groups in total. The lowest BCUT2D eigenvalue weighted by Crippen LogP contribution is -2.06. The first-order valence-electron chi connectivity index (χ1n) is 23.3. The zero-order valence-corrected chi connectivity index (χ0v) is 42.6. The molecule has 0 spiro atoms. The van der Waals surface area contributed by atoms with Crippen LogP contribution in [0.25, 0.3) is 106 Å². The summed E-state index contributed by atoms with van der Waals surface area (Å²) < 4.78 is 10.4. The fourth-order valence-electron chi connectivity index (χ4n) is 10.5. The summed E-state index contributed by atoms with van der Waals surface area (Å²) >= 11 is 10.2. The van der Waals surface area contributed by atoms with Crippen LogP contribution < -0.4 is 10.9 Å². The van der Waals surface area contributed by atoms with E-state index in [1.165, 1.54) is 43.8 Å². The third-order valence-electron chi connectivity index (χ3n) is 13.6. The summed E-state index contributed by atoms with van der Waals surface area (Å²) in [6.45, 7) is 0. The third-order valence-corrected chi connectivity index (χ3v) is 17.0. The highest BCUT2D eigenvalue weighted by atomic mass is 79.9. The molecule has 71 heavy (non-hydrogen) atoms. The van der Waals surface area contributed by atoms with Crippen molar-refractivity contribution < 1.29 is 0 Å². The molecule has 4 aromatic heterocycles. The smallest absolute Gasteiger partial charge is 0.197 e. The summed E-state index contributed by atoms with van der Waals surface area (Å²) in [4.78, 5) is 26.7. The van der Waals surface area contributed by atoms with E-state index < -0.39 is 0 Å². The van der Waals surface area contributed by atoms with Gasteiger partial charge in [-0.1, -0.05) is 149 Å². The summed E-state index contributed by atoms with van der Waals surface area (Å²) in [5, 5.41) is 7.89. The normalized spacial score (nSPS) is 11.9. The molecule has 0 bridgehead atoms. The van der Waals surface area contributed by atoms with Gasteiger partial charge in [-0.2, -0.15) is 0 Å². The van der Waals surface area contributed by atoms with Crippen molar-refractivity contribution in [3.63, 3.8) is 0 Å². The maximum absolute atomic E-state index is 14.3.